The minimum atomic E-state index is -0.812. The predicted octanol–water partition coefficient (Wildman–Crippen LogP) is 1.72. The second kappa shape index (κ2) is 3.71. The molecule has 1 aromatic rings. The van der Waals surface area contributed by atoms with Crippen molar-refractivity contribution < 1.29 is 9.90 Å². The first kappa shape index (κ1) is 9.68. The molecule has 14 heavy (non-hydrogen) atoms. The Morgan fingerprint density at radius 1 is 1.57 bits per heavy atom. The summed E-state index contributed by atoms with van der Waals surface area (Å²) in [5.41, 5.74) is 2.00. The molecule has 2 N–H and O–H groups in total. The zero-order valence-electron chi connectivity index (χ0n) is 7.46. The second-order valence-electron chi connectivity index (χ2n) is 3.32. The summed E-state index contributed by atoms with van der Waals surface area (Å²) in [5.74, 6) is -0.812. The topological polar surface area (TPSA) is 49.3 Å². The highest BCUT2D eigenvalue weighted by Gasteiger charge is 2.25. The van der Waals surface area contributed by atoms with Crippen molar-refractivity contribution in [3.05, 3.63) is 33.8 Å². The lowest BCUT2D eigenvalue weighted by Crippen LogP contribution is -2.34. The summed E-state index contributed by atoms with van der Waals surface area (Å²) >= 11 is 3.38. The molecule has 0 unspecified atom stereocenters. The van der Waals surface area contributed by atoms with E-state index in [1.807, 2.05) is 18.2 Å². The van der Waals surface area contributed by atoms with Crippen LogP contribution in [0.15, 0.2) is 22.7 Å². The lowest BCUT2D eigenvalue weighted by atomic mass is 9.94. The van der Waals surface area contributed by atoms with Crippen molar-refractivity contribution >= 4 is 21.9 Å². The van der Waals surface area contributed by atoms with Gasteiger partial charge in [-0.2, -0.15) is 0 Å². The van der Waals surface area contributed by atoms with Gasteiger partial charge in [0.15, 0.2) is 0 Å². The van der Waals surface area contributed by atoms with Crippen LogP contribution in [0, 0.1) is 0 Å². The van der Waals surface area contributed by atoms with E-state index >= 15 is 0 Å². The van der Waals surface area contributed by atoms with E-state index in [0.29, 0.717) is 0 Å². The average Bonchev–Trinajstić information content (AvgIpc) is 2.16. The highest BCUT2D eigenvalue weighted by Crippen LogP contribution is 2.25. The molecule has 0 aliphatic carbocycles. The normalized spacial score (nSPS) is 20.2. The van der Waals surface area contributed by atoms with Crippen molar-refractivity contribution in [3.63, 3.8) is 0 Å². The van der Waals surface area contributed by atoms with Crippen LogP contribution in [0.25, 0.3) is 0 Å². The van der Waals surface area contributed by atoms with Gasteiger partial charge in [-0.1, -0.05) is 22.0 Å². The Labute approximate surface area is 90.3 Å². The molecule has 0 radical (unpaired) electrons. The van der Waals surface area contributed by atoms with Crippen LogP contribution in [0.1, 0.15) is 17.2 Å². The summed E-state index contributed by atoms with van der Waals surface area (Å²) in [5, 5.41) is 12.0. The number of hydrogen-bond donors (Lipinski definition) is 2. The van der Waals surface area contributed by atoms with E-state index in [0.717, 1.165) is 28.6 Å². The van der Waals surface area contributed by atoms with Crippen molar-refractivity contribution in [1.29, 1.82) is 0 Å². The number of fused-ring (bicyclic) bond motifs is 1. The predicted molar refractivity (Wildman–Crippen MR) is 56.2 cm³/mol. The fourth-order valence-electron chi connectivity index (χ4n) is 1.75. The molecule has 0 fully saturated rings. The monoisotopic (exact) mass is 255 g/mol. The zero-order chi connectivity index (χ0) is 10.1. The minimum Gasteiger partial charge on any atom is -0.480 e. The van der Waals surface area contributed by atoms with Crippen LogP contribution >= 0.6 is 15.9 Å². The number of hydrogen-bond acceptors (Lipinski definition) is 2. The molecule has 0 bridgehead atoms. The lowest BCUT2D eigenvalue weighted by Gasteiger charge is -2.23. The van der Waals surface area contributed by atoms with Crippen molar-refractivity contribution in [2.45, 2.75) is 12.5 Å². The fourth-order valence-corrected chi connectivity index (χ4v) is 2.16. The van der Waals surface area contributed by atoms with E-state index in [9.17, 15) is 4.79 Å². The van der Waals surface area contributed by atoms with E-state index in [4.69, 9.17) is 5.11 Å². The molecule has 0 saturated carbocycles. The maximum atomic E-state index is 10.9. The van der Waals surface area contributed by atoms with Crippen molar-refractivity contribution in [2.75, 3.05) is 6.54 Å². The Kier molecular flexibility index (Phi) is 2.56. The summed E-state index contributed by atoms with van der Waals surface area (Å²) in [7, 11) is 0. The van der Waals surface area contributed by atoms with E-state index in [-0.39, 0.29) is 0 Å². The summed E-state index contributed by atoms with van der Waals surface area (Å²) in [6.45, 7) is 0.723. The third-order valence-corrected chi connectivity index (χ3v) is 2.90. The van der Waals surface area contributed by atoms with E-state index in [2.05, 4.69) is 21.2 Å². The van der Waals surface area contributed by atoms with Gasteiger partial charge in [0.1, 0.15) is 6.04 Å². The van der Waals surface area contributed by atoms with E-state index < -0.39 is 12.0 Å². The molecule has 1 aliphatic rings. The van der Waals surface area contributed by atoms with E-state index in [1.54, 1.807) is 0 Å². The largest absolute Gasteiger partial charge is 0.480 e. The number of nitrogens with one attached hydrogen (secondary N) is 1. The number of benzene rings is 1. The fraction of sp³-hybridized carbons (Fsp3) is 0.300. The number of carboxylic acid groups (broad SMARTS) is 1. The van der Waals surface area contributed by atoms with Gasteiger partial charge in [-0.25, -0.2) is 0 Å². The van der Waals surface area contributed by atoms with Gasteiger partial charge < -0.3 is 10.4 Å². The van der Waals surface area contributed by atoms with Gasteiger partial charge in [0, 0.05) is 11.0 Å². The molecule has 1 aromatic carbocycles. The van der Waals surface area contributed by atoms with Crippen LogP contribution in [0.5, 0.6) is 0 Å². The van der Waals surface area contributed by atoms with Crippen LogP contribution in [0.3, 0.4) is 0 Å². The van der Waals surface area contributed by atoms with Gasteiger partial charge in [-0.3, -0.25) is 4.79 Å². The van der Waals surface area contributed by atoms with Gasteiger partial charge in [-0.05, 0) is 29.7 Å². The SMILES string of the molecule is O=C(O)[C@@H]1NCCc2cc(Br)ccc21. The molecule has 1 atom stereocenters. The van der Waals surface area contributed by atoms with Crippen molar-refractivity contribution in [2.24, 2.45) is 0 Å². The number of carboxylic acids is 1. The highest BCUT2D eigenvalue weighted by molar-refractivity contribution is 9.10. The number of aliphatic carboxylic acids is 1. The Bertz CT molecular complexity index is 378. The lowest BCUT2D eigenvalue weighted by molar-refractivity contribution is -0.139. The molecule has 2 rings (SSSR count). The quantitative estimate of drug-likeness (QED) is 0.804. The van der Waals surface area contributed by atoms with Crippen molar-refractivity contribution in [1.82, 2.24) is 5.32 Å². The molecule has 3 nitrogen and oxygen atoms in total. The van der Waals surface area contributed by atoms with Crippen LogP contribution in [0.4, 0.5) is 0 Å². The molecular formula is C10H10BrNO2. The Hall–Kier alpha value is -0.870. The number of rotatable bonds is 1. The van der Waals surface area contributed by atoms with Gasteiger partial charge >= 0.3 is 5.97 Å². The third kappa shape index (κ3) is 1.67. The van der Waals surface area contributed by atoms with Gasteiger partial charge in [0.05, 0.1) is 0 Å². The van der Waals surface area contributed by atoms with Gasteiger partial charge in [0.25, 0.3) is 0 Å². The summed E-state index contributed by atoms with van der Waals surface area (Å²) in [4.78, 5) is 10.9. The van der Waals surface area contributed by atoms with Gasteiger partial charge in [0.2, 0.25) is 0 Å². The van der Waals surface area contributed by atoms with Crippen LogP contribution in [-0.4, -0.2) is 17.6 Å². The molecule has 4 heteroatoms. The zero-order valence-corrected chi connectivity index (χ0v) is 9.04. The standard InChI is InChI=1S/C10H10BrNO2/c11-7-1-2-8-6(5-7)3-4-12-9(8)10(13)14/h1-2,5,9,12H,3-4H2,(H,13,14)/t9-/m1/s1. The Balaban J connectivity index is 2.44. The number of halogens is 1. The molecule has 0 amide bonds. The van der Waals surface area contributed by atoms with Crippen LogP contribution in [0.2, 0.25) is 0 Å². The first-order valence-corrected chi connectivity index (χ1v) is 5.22. The first-order chi connectivity index (χ1) is 6.68. The summed E-state index contributed by atoms with van der Waals surface area (Å²) in [6.07, 6.45) is 0.887. The second-order valence-corrected chi connectivity index (χ2v) is 4.23. The Morgan fingerprint density at radius 2 is 2.36 bits per heavy atom. The summed E-state index contributed by atoms with van der Waals surface area (Å²) < 4.78 is 1.00. The average molecular weight is 256 g/mol. The van der Waals surface area contributed by atoms with Crippen molar-refractivity contribution in [3.8, 4) is 0 Å². The van der Waals surface area contributed by atoms with Gasteiger partial charge in [-0.15, -0.1) is 0 Å². The maximum absolute atomic E-state index is 10.9. The smallest absolute Gasteiger partial charge is 0.325 e. The molecule has 0 aromatic heterocycles. The first-order valence-electron chi connectivity index (χ1n) is 4.43. The molecule has 1 heterocycles. The molecule has 0 saturated heterocycles. The molecule has 74 valence electrons. The third-order valence-electron chi connectivity index (χ3n) is 2.41. The number of carbonyl (C=O) groups is 1. The Morgan fingerprint density at radius 3 is 3.07 bits per heavy atom. The minimum absolute atomic E-state index is 0.549. The summed E-state index contributed by atoms with van der Waals surface area (Å²) in [6, 6.07) is 5.19. The molecule has 1 aliphatic heterocycles. The van der Waals surface area contributed by atoms with Crippen LogP contribution in [-0.2, 0) is 11.2 Å². The van der Waals surface area contributed by atoms with E-state index in [1.165, 1.54) is 0 Å². The maximum Gasteiger partial charge on any atom is 0.325 e. The molecular weight excluding hydrogens is 246 g/mol. The van der Waals surface area contributed by atoms with Crippen LogP contribution < -0.4 is 5.32 Å². The highest BCUT2D eigenvalue weighted by atomic mass is 79.9. The molecule has 0 spiro atoms.